The summed E-state index contributed by atoms with van der Waals surface area (Å²) >= 11 is 0. The molecular weight excluding hydrogens is 390 g/mol. The largest absolute Gasteiger partial charge is 0.340 e. The lowest BCUT2D eigenvalue weighted by atomic mass is 9.92. The van der Waals surface area contributed by atoms with E-state index >= 15 is 0 Å². The van der Waals surface area contributed by atoms with Crippen molar-refractivity contribution in [3.8, 4) is 11.4 Å². The predicted molar refractivity (Wildman–Crippen MR) is 119 cm³/mol. The molecular formula is C23H27N7O. The Morgan fingerprint density at radius 2 is 1.90 bits per heavy atom. The van der Waals surface area contributed by atoms with Gasteiger partial charge in [-0.1, -0.05) is 0 Å². The summed E-state index contributed by atoms with van der Waals surface area (Å²) in [5.41, 5.74) is 4.06. The fourth-order valence-electron chi connectivity index (χ4n) is 3.96. The highest BCUT2D eigenvalue weighted by atomic mass is 16.2. The van der Waals surface area contributed by atoms with Crippen LogP contribution in [0.2, 0.25) is 0 Å². The van der Waals surface area contributed by atoms with E-state index in [0.29, 0.717) is 29.6 Å². The molecule has 1 N–H and O–H groups in total. The maximum absolute atomic E-state index is 12.1. The van der Waals surface area contributed by atoms with Crippen molar-refractivity contribution in [2.24, 2.45) is 0 Å². The van der Waals surface area contributed by atoms with Crippen LogP contribution in [0.3, 0.4) is 0 Å². The highest BCUT2D eigenvalue weighted by Crippen LogP contribution is 2.31. The van der Waals surface area contributed by atoms with E-state index in [9.17, 15) is 4.79 Å². The van der Waals surface area contributed by atoms with Crippen LogP contribution < -0.4 is 5.32 Å². The normalized spacial score (nSPS) is 18.6. The van der Waals surface area contributed by atoms with Crippen molar-refractivity contribution in [2.45, 2.75) is 52.5 Å². The van der Waals surface area contributed by atoms with Crippen molar-refractivity contribution in [3.63, 3.8) is 0 Å². The molecule has 8 heteroatoms. The predicted octanol–water partition coefficient (Wildman–Crippen LogP) is 3.80. The Bertz CT molecular complexity index is 1100. The molecule has 2 atom stereocenters. The number of aromatic nitrogens is 5. The Hall–Kier alpha value is -3.42. The van der Waals surface area contributed by atoms with Crippen LogP contribution in [0.4, 0.5) is 11.5 Å². The molecule has 1 saturated heterocycles. The number of hydrogen-bond donors (Lipinski definition) is 1. The maximum atomic E-state index is 12.1. The van der Waals surface area contributed by atoms with Gasteiger partial charge in [0.05, 0.1) is 17.6 Å². The second-order valence-corrected chi connectivity index (χ2v) is 8.15. The van der Waals surface area contributed by atoms with Crippen LogP contribution in [0.1, 0.15) is 49.8 Å². The molecule has 0 saturated carbocycles. The van der Waals surface area contributed by atoms with Gasteiger partial charge >= 0.3 is 0 Å². The van der Waals surface area contributed by atoms with E-state index in [-0.39, 0.29) is 17.9 Å². The number of piperidine rings is 1. The summed E-state index contributed by atoms with van der Waals surface area (Å²) in [5.74, 6) is 1.55. The van der Waals surface area contributed by atoms with Crippen LogP contribution in [-0.4, -0.2) is 48.3 Å². The molecule has 8 nitrogen and oxygen atoms in total. The number of anilines is 2. The Kier molecular flexibility index (Phi) is 5.88. The Labute approximate surface area is 182 Å². The molecule has 4 heterocycles. The highest BCUT2D eigenvalue weighted by Gasteiger charge is 2.30. The van der Waals surface area contributed by atoms with Crippen molar-refractivity contribution in [2.75, 3.05) is 11.9 Å². The number of nitrogens with one attached hydrogen (secondary N) is 1. The minimum atomic E-state index is 0.0672. The molecule has 1 aliphatic heterocycles. The van der Waals surface area contributed by atoms with Gasteiger partial charge in [0, 0.05) is 55.3 Å². The highest BCUT2D eigenvalue weighted by molar-refractivity contribution is 5.73. The summed E-state index contributed by atoms with van der Waals surface area (Å²) < 4.78 is 0. The van der Waals surface area contributed by atoms with Crippen molar-refractivity contribution in [3.05, 3.63) is 54.0 Å². The molecule has 1 fully saturated rings. The quantitative estimate of drug-likeness (QED) is 0.689. The smallest absolute Gasteiger partial charge is 0.219 e. The van der Waals surface area contributed by atoms with Gasteiger partial charge < -0.3 is 10.2 Å². The number of carbonyl (C=O) groups is 1. The van der Waals surface area contributed by atoms with Crippen LogP contribution in [0.5, 0.6) is 0 Å². The Balaban J connectivity index is 1.73. The number of amides is 1. The van der Waals surface area contributed by atoms with Crippen LogP contribution in [-0.2, 0) is 4.79 Å². The van der Waals surface area contributed by atoms with Crippen molar-refractivity contribution >= 4 is 17.4 Å². The number of likely N-dealkylation sites (tertiary alicyclic amines) is 1. The van der Waals surface area contributed by atoms with Gasteiger partial charge in [0.15, 0.2) is 0 Å². The first-order valence-corrected chi connectivity index (χ1v) is 10.5. The molecule has 4 rings (SSSR count). The summed E-state index contributed by atoms with van der Waals surface area (Å²) in [6.07, 6.45) is 7.05. The van der Waals surface area contributed by atoms with Crippen LogP contribution >= 0.6 is 0 Å². The molecule has 31 heavy (non-hydrogen) atoms. The molecule has 0 unspecified atom stereocenters. The van der Waals surface area contributed by atoms with Gasteiger partial charge in [-0.2, -0.15) is 0 Å². The van der Waals surface area contributed by atoms with Gasteiger partial charge in [-0.15, -0.1) is 0 Å². The average Bonchev–Trinajstić information content (AvgIpc) is 2.73. The topological polar surface area (TPSA) is 96.8 Å². The lowest BCUT2D eigenvalue weighted by Gasteiger charge is -2.37. The zero-order valence-electron chi connectivity index (χ0n) is 18.3. The lowest BCUT2D eigenvalue weighted by Crippen LogP contribution is -2.44. The Morgan fingerprint density at radius 3 is 2.65 bits per heavy atom. The second kappa shape index (κ2) is 8.75. The van der Waals surface area contributed by atoms with E-state index in [2.05, 4.69) is 27.2 Å². The third-order valence-electron chi connectivity index (χ3n) is 5.58. The number of aryl methyl sites for hydroxylation is 2. The fraction of sp³-hybridized carbons (Fsp3) is 0.391. The molecule has 0 radical (unpaired) electrons. The first kappa shape index (κ1) is 20.8. The van der Waals surface area contributed by atoms with E-state index < -0.39 is 0 Å². The maximum Gasteiger partial charge on any atom is 0.219 e. The van der Waals surface area contributed by atoms with Gasteiger partial charge in [0.2, 0.25) is 5.91 Å². The van der Waals surface area contributed by atoms with Crippen LogP contribution in [0.15, 0.2) is 36.8 Å². The zero-order chi connectivity index (χ0) is 22.0. The third kappa shape index (κ3) is 4.84. The number of pyridine rings is 1. The monoisotopic (exact) mass is 417 g/mol. The molecule has 3 aromatic heterocycles. The minimum absolute atomic E-state index is 0.0672. The molecule has 0 bridgehead atoms. The lowest BCUT2D eigenvalue weighted by molar-refractivity contribution is -0.132. The summed E-state index contributed by atoms with van der Waals surface area (Å²) in [5, 5.41) is 3.37. The summed E-state index contributed by atoms with van der Waals surface area (Å²) in [7, 11) is 0. The van der Waals surface area contributed by atoms with Gasteiger partial charge in [-0.3, -0.25) is 14.8 Å². The molecule has 0 aliphatic carbocycles. The van der Waals surface area contributed by atoms with Crippen molar-refractivity contribution in [1.29, 1.82) is 0 Å². The number of nitrogens with zero attached hydrogens (tertiary/aromatic N) is 6. The van der Waals surface area contributed by atoms with Crippen LogP contribution in [0.25, 0.3) is 11.4 Å². The third-order valence-corrected chi connectivity index (χ3v) is 5.58. The minimum Gasteiger partial charge on any atom is -0.340 e. The van der Waals surface area contributed by atoms with E-state index in [1.54, 1.807) is 25.5 Å². The summed E-state index contributed by atoms with van der Waals surface area (Å²) in [6.45, 7) is 8.19. The summed E-state index contributed by atoms with van der Waals surface area (Å²) in [6, 6.07) is 5.99. The van der Waals surface area contributed by atoms with E-state index in [0.717, 1.165) is 29.9 Å². The number of rotatable bonds is 4. The number of hydrogen-bond acceptors (Lipinski definition) is 7. The first-order valence-electron chi connectivity index (χ1n) is 10.5. The standard InChI is InChI=1S/C23H27N7O/c1-14-9-19(7-8-25-14)27-22-10-20(21-12-24-11-15(2)26-21)28-23(29-22)18-6-5-16(3)30(13-18)17(4)31/h7-12,16,18H,5-6,13H2,1-4H3,(H,25,27,28,29)/t16-,18+/m0/s1. The molecule has 160 valence electrons. The molecule has 0 aromatic carbocycles. The fourth-order valence-corrected chi connectivity index (χ4v) is 3.96. The van der Waals surface area contributed by atoms with E-state index in [1.807, 2.05) is 36.9 Å². The van der Waals surface area contributed by atoms with Crippen molar-refractivity contribution < 1.29 is 4.79 Å². The number of carbonyl (C=O) groups excluding carboxylic acids is 1. The zero-order valence-corrected chi connectivity index (χ0v) is 18.3. The van der Waals surface area contributed by atoms with E-state index in [4.69, 9.17) is 9.97 Å². The molecule has 3 aromatic rings. The molecule has 1 aliphatic rings. The summed E-state index contributed by atoms with van der Waals surface area (Å²) in [4.78, 5) is 36.8. The van der Waals surface area contributed by atoms with Crippen molar-refractivity contribution in [1.82, 2.24) is 29.8 Å². The second-order valence-electron chi connectivity index (χ2n) is 8.15. The average molecular weight is 418 g/mol. The molecule has 1 amide bonds. The first-order chi connectivity index (χ1) is 14.9. The van der Waals surface area contributed by atoms with Gasteiger partial charge in [-0.25, -0.2) is 15.0 Å². The SMILES string of the molecule is CC(=O)N1C[C@H](c2nc(Nc3ccnc(C)c3)cc(-c3cncc(C)n3)n2)CC[C@@H]1C. The Morgan fingerprint density at radius 1 is 1.06 bits per heavy atom. The van der Waals surface area contributed by atoms with E-state index in [1.165, 1.54) is 0 Å². The van der Waals surface area contributed by atoms with Crippen LogP contribution in [0, 0.1) is 13.8 Å². The van der Waals surface area contributed by atoms with Gasteiger partial charge in [0.1, 0.15) is 17.3 Å². The van der Waals surface area contributed by atoms with Gasteiger partial charge in [-0.05, 0) is 45.7 Å². The molecule has 0 spiro atoms. The van der Waals surface area contributed by atoms with Gasteiger partial charge in [0.25, 0.3) is 0 Å².